The minimum atomic E-state index is -4.51. The van der Waals surface area contributed by atoms with Gasteiger partial charge in [0.25, 0.3) is 0 Å². The fourth-order valence-electron chi connectivity index (χ4n) is 1.34. The third-order valence-electron chi connectivity index (χ3n) is 2.16. The number of para-hydroxylation sites is 4. The molecule has 6 nitrogen and oxygen atoms in total. The molecule has 0 unspecified atom stereocenters. The van der Waals surface area contributed by atoms with E-state index in [1.54, 1.807) is 0 Å². The molecule has 2 aromatic carbocycles. The molecular weight excluding hydrogens is 271 g/mol. The van der Waals surface area contributed by atoms with E-state index in [-0.39, 0.29) is 23.0 Å². The van der Waals surface area contributed by atoms with E-state index < -0.39 is 7.82 Å². The summed E-state index contributed by atoms with van der Waals surface area (Å²) in [4.78, 5) is 9.56. The molecule has 0 amide bonds. The number of rotatable bonds is 4. The summed E-state index contributed by atoms with van der Waals surface area (Å²) in [7, 11) is -4.51. The Morgan fingerprint density at radius 3 is 1.53 bits per heavy atom. The van der Waals surface area contributed by atoms with Crippen molar-refractivity contribution in [1.29, 1.82) is 0 Å². The molecule has 0 aliphatic rings. The average molecular weight is 282 g/mol. The van der Waals surface area contributed by atoms with Crippen LogP contribution in [0.15, 0.2) is 48.5 Å². The third-order valence-corrected chi connectivity index (χ3v) is 3.01. The van der Waals surface area contributed by atoms with Gasteiger partial charge >= 0.3 is 7.82 Å². The maximum Gasteiger partial charge on any atom is 0.585 e. The van der Waals surface area contributed by atoms with E-state index in [1.165, 1.54) is 48.5 Å². The molecule has 0 saturated heterocycles. The van der Waals surface area contributed by atoms with Crippen LogP contribution in [-0.4, -0.2) is 15.1 Å². The quantitative estimate of drug-likeness (QED) is 0.746. The molecule has 19 heavy (non-hydrogen) atoms. The van der Waals surface area contributed by atoms with Crippen molar-refractivity contribution >= 4 is 7.82 Å². The zero-order valence-corrected chi connectivity index (χ0v) is 10.5. The third kappa shape index (κ3) is 3.40. The van der Waals surface area contributed by atoms with Crippen molar-refractivity contribution in [2.24, 2.45) is 0 Å². The Labute approximate surface area is 109 Å². The molecule has 0 radical (unpaired) electrons. The van der Waals surface area contributed by atoms with Gasteiger partial charge in [-0.15, -0.1) is 0 Å². The first-order chi connectivity index (χ1) is 8.98. The molecule has 3 N–H and O–H groups in total. The van der Waals surface area contributed by atoms with Crippen LogP contribution in [0.2, 0.25) is 0 Å². The largest absolute Gasteiger partial charge is 0.585 e. The number of benzene rings is 2. The lowest BCUT2D eigenvalue weighted by Gasteiger charge is -2.14. The molecule has 2 rings (SSSR count). The highest BCUT2D eigenvalue weighted by molar-refractivity contribution is 7.48. The molecule has 0 aliphatic heterocycles. The predicted molar refractivity (Wildman–Crippen MR) is 67.3 cm³/mol. The lowest BCUT2D eigenvalue weighted by atomic mass is 10.3. The molecule has 2 aromatic rings. The highest BCUT2D eigenvalue weighted by Crippen LogP contribution is 2.48. The lowest BCUT2D eigenvalue weighted by molar-refractivity contribution is 0.280. The van der Waals surface area contributed by atoms with Crippen LogP contribution < -0.4 is 9.05 Å². The van der Waals surface area contributed by atoms with Crippen LogP contribution >= 0.6 is 7.82 Å². The van der Waals surface area contributed by atoms with Crippen LogP contribution in [0.4, 0.5) is 0 Å². The summed E-state index contributed by atoms with van der Waals surface area (Å²) >= 11 is 0. The van der Waals surface area contributed by atoms with Gasteiger partial charge in [0.05, 0.1) is 0 Å². The summed E-state index contributed by atoms with van der Waals surface area (Å²) in [6.45, 7) is 0. The fraction of sp³-hybridized carbons (Fsp3) is 0. The molecule has 7 heteroatoms. The monoisotopic (exact) mass is 282 g/mol. The molecule has 0 atom stereocenters. The van der Waals surface area contributed by atoms with Crippen molar-refractivity contribution in [3.05, 3.63) is 48.5 Å². The Kier molecular flexibility index (Phi) is 3.64. The van der Waals surface area contributed by atoms with Gasteiger partial charge in [-0.3, -0.25) is 4.89 Å². The van der Waals surface area contributed by atoms with Crippen LogP contribution in [0.5, 0.6) is 23.0 Å². The van der Waals surface area contributed by atoms with Crippen molar-refractivity contribution in [2.75, 3.05) is 0 Å². The second-order valence-electron chi connectivity index (χ2n) is 3.59. The van der Waals surface area contributed by atoms with Gasteiger partial charge in [-0.2, -0.15) is 0 Å². The highest BCUT2D eigenvalue weighted by atomic mass is 31.2. The standard InChI is InChI=1S/C12H11O6P/c13-9-5-1-3-7-11(9)17-19(15,16)18-12-8-4-2-6-10(12)14/h1-8,13-14H,(H,15,16). The molecule has 0 bridgehead atoms. The van der Waals surface area contributed by atoms with Crippen molar-refractivity contribution in [2.45, 2.75) is 0 Å². The van der Waals surface area contributed by atoms with Crippen molar-refractivity contribution < 1.29 is 28.7 Å². The summed E-state index contributed by atoms with van der Waals surface area (Å²) in [5.41, 5.74) is 0. The number of hydrogen-bond donors (Lipinski definition) is 3. The Bertz CT molecular complexity index is 576. The van der Waals surface area contributed by atoms with Crippen LogP contribution in [0, 0.1) is 0 Å². The van der Waals surface area contributed by atoms with E-state index >= 15 is 0 Å². The zero-order valence-electron chi connectivity index (χ0n) is 9.63. The van der Waals surface area contributed by atoms with E-state index in [1.807, 2.05) is 0 Å². The van der Waals surface area contributed by atoms with Crippen LogP contribution in [0.25, 0.3) is 0 Å². The molecule has 0 aromatic heterocycles. The van der Waals surface area contributed by atoms with Gasteiger partial charge < -0.3 is 19.3 Å². The maximum atomic E-state index is 11.7. The minimum Gasteiger partial charge on any atom is -0.504 e. The normalized spacial score (nSPS) is 11.0. The Morgan fingerprint density at radius 1 is 0.789 bits per heavy atom. The smallest absolute Gasteiger partial charge is 0.504 e. The SMILES string of the molecule is O=P(O)(Oc1ccccc1O)Oc1ccccc1O. The van der Waals surface area contributed by atoms with E-state index in [4.69, 9.17) is 9.05 Å². The molecule has 0 fully saturated rings. The predicted octanol–water partition coefficient (Wildman–Crippen LogP) is 2.66. The van der Waals surface area contributed by atoms with Crippen molar-refractivity contribution in [1.82, 2.24) is 0 Å². The summed E-state index contributed by atoms with van der Waals surface area (Å²) in [5, 5.41) is 18.9. The molecular formula is C12H11O6P. The van der Waals surface area contributed by atoms with Crippen LogP contribution in [0.1, 0.15) is 0 Å². The maximum absolute atomic E-state index is 11.7. The number of phenolic OH excluding ortho intramolecular Hbond substituents is 2. The summed E-state index contributed by atoms with van der Waals surface area (Å²) in [5.74, 6) is -0.970. The number of hydrogen-bond acceptors (Lipinski definition) is 5. The van der Waals surface area contributed by atoms with Gasteiger partial charge in [0.15, 0.2) is 23.0 Å². The lowest BCUT2D eigenvalue weighted by Crippen LogP contribution is -2.00. The number of phosphoric acid groups is 1. The van der Waals surface area contributed by atoms with Crippen LogP contribution in [-0.2, 0) is 4.57 Å². The molecule has 0 heterocycles. The topological polar surface area (TPSA) is 96.2 Å². The van der Waals surface area contributed by atoms with Gasteiger partial charge in [-0.05, 0) is 24.3 Å². The van der Waals surface area contributed by atoms with E-state index in [0.717, 1.165) is 0 Å². The number of phenols is 2. The first-order valence-corrected chi connectivity index (χ1v) is 6.75. The van der Waals surface area contributed by atoms with Gasteiger partial charge in [-0.1, -0.05) is 24.3 Å². The van der Waals surface area contributed by atoms with Gasteiger partial charge in [0.1, 0.15) is 0 Å². The molecule has 0 spiro atoms. The van der Waals surface area contributed by atoms with Gasteiger partial charge in [0, 0.05) is 0 Å². The van der Waals surface area contributed by atoms with Gasteiger partial charge in [-0.25, -0.2) is 4.57 Å². The second kappa shape index (κ2) is 5.22. The Hall–Kier alpha value is -2.17. The number of aromatic hydroxyl groups is 2. The number of phosphoric ester groups is 1. The summed E-state index contributed by atoms with van der Waals surface area (Å²) in [6, 6.07) is 11.3. The second-order valence-corrected chi connectivity index (χ2v) is 4.89. The Balaban J connectivity index is 2.18. The zero-order chi connectivity index (χ0) is 13.9. The highest BCUT2D eigenvalue weighted by Gasteiger charge is 2.27. The van der Waals surface area contributed by atoms with Crippen molar-refractivity contribution in [3.8, 4) is 23.0 Å². The average Bonchev–Trinajstić information content (AvgIpc) is 2.35. The minimum absolute atomic E-state index is 0.191. The fourth-order valence-corrected chi connectivity index (χ4v) is 2.18. The van der Waals surface area contributed by atoms with Gasteiger partial charge in [0.2, 0.25) is 0 Å². The van der Waals surface area contributed by atoms with Crippen LogP contribution in [0.3, 0.4) is 0 Å². The Morgan fingerprint density at radius 2 is 1.16 bits per heavy atom. The first kappa shape index (κ1) is 13.3. The first-order valence-electron chi connectivity index (χ1n) is 5.26. The summed E-state index contributed by atoms with van der Waals surface area (Å²) < 4.78 is 21.2. The molecule has 0 saturated carbocycles. The molecule has 100 valence electrons. The van der Waals surface area contributed by atoms with Crippen molar-refractivity contribution in [3.63, 3.8) is 0 Å². The van der Waals surface area contributed by atoms with E-state index in [0.29, 0.717) is 0 Å². The summed E-state index contributed by atoms with van der Waals surface area (Å²) in [6.07, 6.45) is 0. The molecule has 0 aliphatic carbocycles. The van der Waals surface area contributed by atoms with E-state index in [2.05, 4.69) is 0 Å². The van der Waals surface area contributed by atoms with E-state index in [9.17, 15) is 19.7 Å².